The van der Waals surface area contributed by atoms with E-state index in [1.165, 1.54) is 24.1 Å². The van der Waals surface area contributed by atoms with Gasteiger partial charge in [0.05, 0.1) is 6.54 Å². The first-order valence-electron chi connectivity index (χ1n) is 7.99. The van der Waals surface area contributed by atoms with Crippen molar-refractivity contribution < 1.29 is 4.79 Å². The minimum absolute atomic E-state index is 0.0503. The quantitative estimate of drug-likeness (QED) is 0.917. The van der Waals surface area contributed by atoms with Crippen LogP contribution < -0.4 is 5.32 Å². The summed E-state index contributed by atoms with van der Waals surface area (Å²) in [5.74, 6) is 0.846. The number of aryl methyl sites for hydroxylation is 1. The SMILES string of the molecule is CCN1CCC(CN2C(=O)CNC2c2ccccc2C)C1. The Balaban J connectivity index is 1.73. The van der Waals surface area contributed by atoms with Crippen molar-refractivity contribution in [3.05, 3.63) is 35.4 Å². The Morgan fingerprint density at radius 3 is 2.86 bits per heavy atom. The second-order valence-electron chi connectivity index (χ2n) is 6.23. The number of carbonyl (C=O) groups is 1. The lowest BCUT2D eigenvalue weighted by atomic mass is 10.0. The summed E-state index contributed by atoms with van der Waals surface area (Å²) in [6.07, 6.45) is 1.26. The van der Waals surface area contributed by atoms with Gasteiger partial charge in [-0.1, -0.05) is 31.2 Å². The number of nitrogens with one attached hydrogen (secondary N) is 1. The Kier molecular flexibility index (Phi) is 4.27. The van der Waals surface area contributed by atoms with Gasteiger partial charge in [0.2, 0.25) is 5.91 Å². The number of carbonyl (C=O) groups excluding carboxylic acids is 1. The van der Waals surface area contributed by atoms with Crippen molar-refractivity contribution in [1.82, 2.24) is 15.1 Å². The smallest absolute Gasteiger partial charge is 0.238 e. The van der Waals surface area contributed by atoms with Gasteiger partial charge in [-0.05, 0) is 43.5 Å². The molecule has 0 saturated carbocycles. The third kappa shape index (κ3) is 2.97. The summed E-state index contributed by atoms with van der Waals surface area (Å²) in [6, 6.07) is 8.35. The number of rotatable bonds is 4. The number of hydrogen-bond acceptors (Lipinski definition) is 3. The maximum atomic E-state index is 12.3. The zero-order valence-corrected chi connectivity index (χ0v) is 13.0. The number of benzene rings is 1. The molecule has 4 heteroatoms. The molecule has 2 unspecified atom stereocenters. The highest BCUT2D eigenvalue weighted by Crippen LogP contribution is 2.28. The van der Waals surface area contributed by atoms with Crippen molar-refractivity contribution >= 4 is 5.91 Å². The average Bonchev–Trinajstić information content (AvgIpc) is 3.08. The van der Waals surface area contributed by atoms with Gasteiger partial charge < -0.3 is 9.80 Å². The first kappa shape index (κ1) is 14.5. The molecule has 21 heavy (non-hydrogen) atoms. The summed E-state index contributed by atoms with van der Waals surface area (Å²) < 4.78 is 0. The van der Waals surface area contributed by atoms with Gasteiger partial charge in [-0.2, -0.15) is 0 Å². The van der Waals surface area contributed by atoms with Crippen LogP contribution in [-0.4, -0.2) is 48.4 Å². The molecule has 114 valence electrons. The van der Waals surface area contributed by atoms with Crippen molar-refractivity contribution in [2.24, 2.45) is 5.92 Å². The average molecular weight is 287 g/mol. The molecule has 2 saturated heterocycles. The lowest BCUT2D eigenvalue weighted by Crippen LogP contribution is -2.36. The summed E-state index contributed by atoms with van der Waals surface area (Å²) >= 11 is 0. The standard InChI is InChI=1S/C17H25N3O/c1-3-19-9-8-14(11-19)12-20-16(21)10-18-17(20)15-7-5-4-6-13(15)2/h4-7,14,17-18H,3,8-12H2,1-2H3. The van der Waals surface area contributed by atoms with Crippen LogP contribution in [-0.2, 0) is 4.79 Å². The van der Waals surface area contributed by atoms with Crippen LogP contribution in [0, 0.1) is 12.8 Å². The molecular weight excluding hydrogens is 262 g/mol. The lowest BCUT2D eigenvalue weighted by Gasteiger charge is -2.28. The van der Waals surface area contributed by atoms with Crippen LogP contribution in [0.1, 0.15) is 30.6 Å². The van der Waals surface area contributed by atoms with E-state index in [1.807, 2.05) is 4.90 Å². The minimum atomic E-state index is 0.0503. The predicted molar refractivity (Wildman–Crippen MR) is 83.9 cm³/mol. The van der Waals surface area contributed by atoms with E-state index in [9.17, 15) is 4.79 Å². The Morgan fingerprint density at radius 1 is 1.33 bits per heavy atom. The van der Waals surface area contributed by atoms with Gasteiger partial charge in [0.25, 0.3) is 0 Å². The third-order valence-electron chi connectivity index (χ3n) is 4.83. The summed E-state index contributed by atoms with van der Waals surface area (Å²) in [4.78, 5) is 16.8. The molecule has 0 radical (unpaired) electrons. The zero-order valence-electron chi connectivity index (χ0n) is 13.0. The van der Waals surface area contributed by atoms with Gasteiger partial charge in [0.1, 0.15) is 6.17 Å². The molecule has 2 atom stereocenters. The van der Waals surface area contributed by atoms with Crippen LogP contribution in [0.3, 0.4) is 0 Å². The van der Waals surface area contributed by atoms with Crippen molar-refractivity contribution in [1.29, 1.82) is 0 Å². The van der Waals surface area contributed by atoms with Crippen LogP contribution in [0.5, 0.6) is 0 Å². The van der Waals surface area contributed by atoms with Gasteiger partial charge in [-0.25, -0.2) is 0 Å². The number of nitrogens with zero attached hydrogens (tertiary/aromatic N) is 2. The van der Waals surface area contributed by atoms with Crippen LogP contribution in [0.15, 0.2) is 24.3 Å². The molecule has 2 fully saturated rings. The van der Waals surface area contributed by atoms with Crippen LogP contribution in [0.2, 0.25) is 0 Å². The molecule has 1 N–H and O–H groups in total. The summed E-state index contributed by atoms with van der Waals surface area (Å²) in [6.45, 7) is 9.08. The molecule has 0 aliphatic carbocycles. The molecule has 1 aromatic rings. The molecular formula is C17H25N3O. The molecule has 0 aromatic heterocycles. The molecule has 0 bridgehead atoms. The number of amides is 1. The second-order valence-corrected chi connectivity index (χ2v) is 6.23. The van der Waals surface area contributed by atoms with E-state index in [4.69, 9.17) is 0 Å². The van der Waals surface area contributed by atoms with E-state index in [2.05, 4.69) is 48.3 Å². The summed E-state index contributed by atoms with van der Waals surface area (Å²) in [5.41, 5.74) is 2.48. The molecule has 3 rings (SSSR count). The van der Waals surface area contributed by atoms with Crippen molar-refractivity contribution in [3.63, 3.8) is 0 Å². The van der Waals surface area contributed by atoms with Gasteiger partial charge in [-0.15, -0.1) is 0 Å². The third-order valence-corrected chi connectivity index (χ3v) is 4.83. The summed E-state index contributed by atoms with van der Waals surface area (Å²) in [7, 11) is 0. The van der Waals surface area contributed by atoms with E-state index >= 15 is 0 Å². The highest BCUT2D eigenvalue weighted by molar-refractivity contribution is 5.81. The maximum absolute atomic E-state index is 12.3. The van der Waals surface area contributed by atoms with E-state index in [0.29, 0.717) is 12.5 Å². The Labute approximate surface area is 127 Å². The maximum Gasteiger partial charge on any atom is 0.238 e. The fourth-order valence-electron chi connectivity index (χ4n) is 3.55. The van der Waals surface area contributed by atoms with Crippen molar-refractivity contribution in [2.75, 3.05) is 32.7 Å². The summed E-state index contributed by atoms with van der Waals surface area (Å²) in [5, 5.41) is 3.38. The molecule has 4 nitrogen and oxygen atoms in total. The van der Waals surface area contributed by atoms with Gasteiger partial charge in [-0.3, -0.25) is 10.1 Å². The highest BCUT2D eigenvalue weighted by Gasteiger charge is 2.35. The number of hydrogen-bond donors (Lipinski definition) is 1. The van der Waals surface area contributed by atoms with Gasteiger partial charge in [0.15, 0.2) is 0 Å². The molecule has 2 heterocycles. The topological polar surface area (TPSA) is 35.6 Å². The van der Waals surface area contributed by atoms with Gasteiger partial charge in [0, 0.05) is 13.1 Å². The molecule has 1 aromatic carbocycles. The zero-order chi connectivity index (χ0) is 14.8. The fraction of sp³-hybridized carbons (Fsp3) is 0.588. The second kappa shape index (κ2) is 6.16. The normalized spacial score (nSPS) is 26.8. The Morgan fingerprint density at radius 2 is 2.14 bits per heavy atom. The number of likely N-dealkylation sites (tertiary alicyclic amines) is 1. The van der Waals surface area contributed by atoms with Crippen molar-refractivity contribution in [3.8, 4) is 0 Å². The molecule has 2 aliphatic heterocycles. The highest BCUT2D eigenvalue weighted by atomic mass is 16.2. The van der Waals surface area contributed by atoms with Crippen molar-refractivity contribution in [2.45, 2.75) is 26.4 Å². The largest absolute Gasteiger partial charge is 0.321 e. The molecule has 1 amide bonds. The minimum Gasteiger partial charge on any atom is -0.321 e. The van der Waals surface area contributed by atoms with E-state index in [0.717, 1.165) is 19.6 Å². The van der Waals surface area contributed by atoms with E-state index in [-0.39, 0.29) is 12.1 Å². The predicted octanol–water partition coefficient (Wildman–Crippen LogP) is 1.77. The lowest BCUT2D eigenvalue weighted by molar-refractivity contribution is -0.128. The Hall–Kier alpha value is -1.39. The Bertz CT molecular complexity index is 517. The first-order valence-corrected chi connectivity index (χ1v) is 7.99. The van der Waals surface area contributed by atoms with E-state index < -0.39 is 0 Å². The fourth-order valence-corrected chi connectivity index (χ4v) is 3.55. The molecule has 0 spiro atoms. The first-order chi connectivity index (χ1) is 10.2. The van der Waals surface area contributed by atoms with Crippen LogP contribution in [0.4, 0.5) is 0 Å². The van der Waals surface area contributed by atoms with Crippen LogP contribution >= 0.6 is 0 Å². The molecule has 2 aliphatic rings. The monoisotopic (exact) mass is 287 g/mol. The van der Waals surface area contributed by atoms with Crippen LogP contribution in [0.25, 0.3) is 0 Å². The van der Waals surface area contributed by atoms with Gasteiger partial charge >= 0.3 is 0 Å². The van der Waals surface area contributed by atoms with E-state index in [1.54, 1.807) is 0 Å².